The van der Waals surface area contributed by atoms with E-state index in [1.165, 1.54) is 113 Å². The van der Waals surface area contributed by atoms with Gasteiger partial charge in [-0.05, 0) is 69.2 Å². The number of hydrogen-bond donors (Lipinski definition) is 0. The SMILES string of the molecule is Cc1ccccc1-n1c(C)c2[n+](c1C1CCCC1)C(C1CCCCC1)(C1CCCCC1)C=C2. The molecule has 0 amide bonds. The highest BCUT2D eigenvalue weighted by Crippen LogP contribution is 2.50. The van der Waals surface area contributed by atoms with Gasteiger partial charge in [0.15, 0.2) is 11.4 Å². The predicted octanol–water partition coefficient (Wildman–Crippen LogP) is 7.92. The molecule has 2 aromatic rings. The molecule has 0 radical (unpaired) electrons. The van der Waals surface area contributed by atoms with E-state index in [4.69, 9.17) is 0 Å². The van der Waals surface area contributed by atoms with Gasteiger partial charge in [-0.3, -0.25) is 0 Å². The lowest BCUT2D eigenvalue weighted by Gasteiger charge is -2.44. The van der Waals surface area contributed by atoms with Gasteiger partial charge in [-0.25, -0.2) is 4.57 Å². The lowest BCUT2D eigenvalue weighted by atomic mass is 9.64. The fraction of sp³-hybridized carbons (Fsp3) is 0.645. The van der Waals surface area contributed by atoms with Crippen LogP contribution in [0.5, 0.6) is 0 Å². The Labute approximate surface area is 201 Å². The lowest BCUT2D eigenvalue weighted by molar-refractivity contribution is -0.773. The van der Waals surface area contributed by atoms with E-state index in [9.17, 15) is 0 Å². The molecular weight excluding hydrogens is 400 g/mol. The number of aromatic nitrogens is 2. The van der Waals surface area contributed by atoms with Crippen molar-refractivity contribution in [3.8, 4) is 5.69 Å². The molecule has 0 N–H and O–H groups in total. The highest BCUT2D eigenvalue weighted by molar-refractivity contribution is 5.54. The summed E-state index contributed by atoms with van der Waals surface area (Å²) in [4.78, 5) is 0. The molecule has 0 spiro atoms. The maximum Gasteiger partial charge on any atom is 0.266 e. The Bertz CT molecular complexity index is 1010. The molecule has 3 fully saturated rings. The van der Waals surface area contributed by atoms with Gasteiger partial charge in [0.1, 0.15) is 11.2 Å². The number of imidazole rings is 1. The normalized spacial score (nSPS) is 23.9. The molecule has 1 aliphatic heterocycles. The number of hydrogen-bond acceptors (Lipinski definition) is 0. The van der Waals surface area contributed by atoms with E-state index >= 15 is 0 Å². The van der Waals surface area contributed by atoms with Gasteiger partial charge >= 0.3 is 0 Å². The van der Waals surface area contributed by atoms with Crippen LogP contribution >= 0.6 is 0 Å². The van der Waals surface area contributed by atoms with Gasteiger partial charge < -0.3 is 0 Å². The minimum absolute atomic E-state index is 0.215. The number of benzene rings is 1. The van der Waals surface area contributed by atoms with Crippen LogP contribution in [0.3, 0.4) is 0 Å². The summed E-state index contributed by atoms with van der Waals surface area (Å²) in [5.74, 6) is 3.97. The number of nitrogens with zero attached hydrogens (tertiary/aromatic N) is 2. The zero-order valence-electron chi connectivity index (χ0n) is 21.0. The van der Waals surface area contributed by atoms with Gasteiger partial charge in [-0.2, -0.15) is 4.57 Å². The zero-order valence-corrected chi connectivity index (χ0v) is 21.0. The van der Waals surface area contributed by atoms with Crippen LogP contribution in [0.15, 0.2) is 30.3 Å². The van der Waals surface area contributed by atoms with Crippen molar-refractivity contribution in [3.05, 3.63) is 53.1 Å². The summed E-state index contributed by atoms with van der Waals surface area (Å²) in [5.41, 5.74) is 6.02. The molecule has 176 valence electrons. The first-order chi connectivity index (χ1) is 16.2. The Kier molecular flexibility index (Phi) is 5.75. The summed E-state index contributed by atoms with van der Waals surface area (Å²) in [6.07, 6.45) is 25.1. The predicted molar refractivity (Wildman–Crippen MR) is 137 cm³/mol. The van der Waals surface area contributed by atoms with Gasteiger partial charge in [0.25, 0.3) is 5.82 Å². The molecule has 1 aromatic heterocycles. The third-order valence-corrected chi connectivity index (χ3v) is 9.90. The molecule has 0 atom stereocenters. The summed E-state index contributed by atoms with van der Waals surface area (Å²) < 4.78 is 5.70. The van der Waals surface area contributed by atoms with Crippen molar-refractivity contribution in [2.24, 2.45) is 11.8 Å². The van der Waals surface area contributed by atoms with Crippen LogP contribution in [0, 0.1) is 25.7 Å². The monoisotopic (exact) mass is 443 g/mol. The quantitative estimate of drug-likeness (QED) is 0.424. The summed E-state index contributed by atoms with van der Waals surface area (Å²) in [7, 11) is 0. The maximum atomic E-state index is 2.98. The van der Waals surface area contributed by atoms with E-state index < -0.39 is 0 Å². The largest absolute Gasteiger partial charge is 0.266 e. The third kappa shape index (κ3) is 3.38. The van der Waals surface area contributed by atoms with Crippen molar-refractivity contribution in [1.29, 1.82) is 0 Å². The van der Waals surface area contributed by atoms with Crippen LogP contribution < -0.4 is 4.57 Å². The first-order valence-electron chi connectivity index (χ1n) is 14.1. The molecule has 2 heterocycles. The maximum absolute atomic E-state index is 2.98. The van der Waals surface area contributed by atoms with E-state index in [1.807, 2.05) is 0 Å². The van der Waals surface area contributed by atoms with E-state index in [-0.39, 0.29) is 5.54 Å². The topological polar surface area (TPSA) is 8.81 Å². The first kappa shape index (κ1) is 21.7. The second-order valence-electron chi connectivity index (χ2n) is 11.7. The van der Waals surface area contributed by atoms with Crippen molar-refractivity contribution in [1.82, 2.24) is 4.57 Å². The van der Waals surface area contributed by atoms with Gasteiger partial charge in [0.2, 0.25) is 0 Å². The van der Waals surface area contributed by atoms with Crippen molar-refractivity contribution in [2.75, 3.05) is 0 Å². The molecule has 0 saturated heterocycles. The minimum atomic E-state index is 0.215. The lowest BCUT2D eigenvalue weighted by Crippen LogP contribution is -2.65. The summed E-state index contributed by atoms with van der Waals surface area (Å²) in [5, 5.41) is 0. The van der Waals surface area contributed by atoms with Crippen LogP contribution in [0.1, 0.15) is 119 Å². The van der Waals surface area contributed by atoms with Gasteiger partial charge in [0, 0.05) is 18.8 Å². The van der Waals surface area contributed by atoms with E-state index in [0.29, 0.717) is 5.92 Å². The van der Waals surface area contributed by atoms with Crippen molar-refractivity contribution in [3.63, 3.8) is 0 Å². The van der Waals surface area contributed by atoms with E-state index in [1.54, 1.807) is 5.82 Å². The number of para-hydroxylation sites is 1. The Hall–Kier alpha value is -1.83. The molecular formula is C31H43N2+. The molecule has 4 aliphatic rings. The minimum Gasteiger partial charge on any atom is -0.217 e. The molecule has 33 heavy (non-hydrogen) atoms. The van der Waals surface area contributed by atoms with Crippen LogP contribution in [0.25, 0.3) is 11.8 Å². The average molecular weight is 444 g/mol. The fourth-order valence-corrected chi connectivity index (χ4v) is 8.33. The average Bonchev–Trinajstić information content (AvgIpc) is 3.58. The van der Waals surface area contributed by atoms with Crippen LogP contribution in [-0.2, 0) is 5.54 Å². The molecule has 1 aromatic carbocycles. The number of allylic oxidation sites excluding steroid dienone is 1. The smallest absolute Gasteiger partial charge is 0.217 e. The molecule has 0 bridgehead atoms. The standard InChI is InChI=1S/C31H43N2/c1-23-13-9-12-20-28(23)32-24(2)29-21-22-31(26-16-5-3-6-17-26,27-18-7-4-8-19-27)33(29)30(32)25-14-10-11-15-25/h9,12-13,20-22,25-27H,3-8,10-11,14-19H2,1-2H3/q+1. The third-order valence-electron chi connectivity index (χ3n) is 9.90. The van der Waals surface area contributed by atoms with Crippen LogP contribution in [0.4, 0.5) is 0 Å². The van der Waals surface area contributed by atoms with Crippen LogP contribution in [-0.4, -0.2) is 4.57 Å². The zero-order chi connectivity index (χ0) is 22.4. The van der Waals surface area contributed by atoms with Gasteiger partial charge in [0.05, 0.1) is 5.92 Å². The molecule has 2 heteroatoms. The van der Waals surface area contributed by atoms with Crippen LogP contribution in [0.2, 0.25) is 0 Å². The van der Waals surface area contributed by atoms with E-state index in [0.717, 1.165) is 11.8 Å². The molecule has 3 saturated carbocycles. The molecule has 6 rings (SSSR count). The van der Waals surface area contributed by atoms with Gasteiger partial charge in [-0.15, -0.1) is 0 Å². The fourth-order valence-electron chi connectivity index (χ4n) is 8.33. The Morgan fingerprint density at radius 3 is 1.94 bits per heavy atom. The number of aryl methyl sites for hydroxylation is 1. The molecule has 0 unspecified atom stereocenters. The Balaban J connectivity index is 1.61. The highest BCUT2D eigenvalue weighted by atomic mass is 15.2. The summed E-state index contributed by atoms with van der Waals surface area (Å²) >= 11 is 0. The molecule has 3 aliphatic carbocycles. The second-order valence-corrected chi connectivity index (χ2v) is 11.7. The van der Waals surface area contributed by atoms with Crippen molar-refractivity contribution < 1.29 is 4.57 Å². The molecule has 2 nitrogen and oxygen atoms in total. The van der Waals surface area contributed by atoms with Crippen molar-refractivity contribution >= 4 is 6.08 Å². The first-order valence-corrected chi connectivity index (χ1v) is 14.1. The number of rotatable bonds is 4. The highest BCUT2D eigenvalue weighted by Gasteiger charge is 2.56. The Morgan fingerprint density at radius 2 is 1.33 bits per heavy atom. The van der Waals surface area contributed by atoms with Gasteiger partial charge in [-0.1, -0.05) is 69.6 Å². The number of fused-ring (bicyclic) bond motifs is 1. The Morgan fingerprint density at radius 1 is 0.758 bits per heavy atom. The summed E-state index contributed by atoms with van der Waals surface area (Å²) in [6.45, 7) is 4.70. The van der Waals surface area contributed by atoms with E-state index in [2.05, 4.69) is 59.4 Å². The van der Waals surface area contributed by atoms with Crippen molar-refractivity contribution in [2.45, 2.75) is 115 Å². The second kappa shape index (κ2) is 8.75. The summed E-state index contributed by atoms with van der Waals surface area (Å²) in [6, 6.07) is 9.10.